The van der Waals surface area contributed by atoms with E-state index in [0.29, 0.717) is 17.8 Å². The summed E-state index contributed by atoms with van der Waals surface area (Å²) < 4.78 is 1.01. The highest BCUT2D eigenvalue weighted by Gasteiger charge is 2.50. The van der Waals surface area contributed by atoms with Crippen LogP contribution in [-0.2, 0) is 21.4 Å². The number of rotatable bonds is 15. The van der Waals surface area contributed by atoms with Crippen LogP contribution >= 0.6 is 24.0 Å². The molecule has 1 aromatic carbocycles. The number of fused-ring (bicyclic) bond motifs is 1. The molecule has 1 aromatic heterocycles. The molecule has 4 nitrogen and oxygen atoms in total. The van der Waals surface area contributed by atoms with Crippen molar-refractivity contribution in [2.24, 2.45) is 5.92 Å². The molecule has 2 aromatic rings. The van der Waals surface area contributed by atoms with Gasteiger partial charge in [-0.2, -0.15) is 0 Å². The van der Waals surface area contributed by atoms with Gasteiger partial charge in [0.2, 0.25) is 0 Å². The number of aromatic nitrogens is 1. The second-order valence-corrected chi connectivity index (χ2v) is 9.94. The Labute approximate surface area is 196 Å². The Kier molecular flexibility index (Phi) is 10.5. The Morgan fingerprint density at radius 3 is 2.32 bits per heavy atom. The van der Waals surface area contributed by atoms with Crippen LogP contribution in [0.3, 0.4) is 0 Å². The first kappa shape index (κ1) is 25.9. The average Bonchev–Trinajstić information content (AvgIpc) is 3.17. The van der Waals surface area contributed by atoms with Crippen LogP contribution in [0.1, 0.15) is 95.6 Å². The van der Waals surface area contributed by atoms with Crippen LogP contribution in [0.4, 0.5) is 0 Å². The third-order valence-electron chi connectivity index (χ3n) is 6.29. The molecule has 172 valence electrons. The molecule has 1 N–H and O–H groups in total. The second kappa shape index (κ2) is 12.6. The fourth-order valence-electron chi connectivity index (χ4n) is 4.34. The number of carboxylic acids is 1. The minimum atomic E-state index is -1.18. The summed E-state index contributed by atoms with van der Waals surface area (Å²) in [6, 6.07) is 6.14. The maximum Gasteiger partial charge on any atom is 0.307 e. The first-order valence-corrected chi connectivity index (χ1v) is 13.0. The lowest BCUT2D eigenvalue weighted by atomic mass is 9.70. The van der Waals surface area contributed by atoms with Gasteiger partial charge in [-0.05, 0) is 37.0 Å². The summed E-state index contributed by atoms with van der Waals surface area (Å²) in [7, 11) is 0. The van der Waals surface area contributed by atoms with Gasteiger partial charge < -0.3 is 5.11 Å². The molecule has 0 saturated carbocycles. The van der Waals surface area contributed by atoms with Crippen molar-refractivity contribution in [1.82, 2.24) is 4.98 Å². The van der Waals surface area contributed by atoms with E-state index < -0.39 is 17.3 Å². The molecule has 0 aliphatic rings. The van der Waals surface area contributed by atoms with Gasteiger partial charge in [0, 0.05) is 0 Å². The average molecular weight is 464 g/mol. The third kappa shape index (κ3) is 6.32. The van der Waals surface area contributed by atoms with E-state index in [0.717, 1.165) is 68.0 Å². The van der Waals surface area contributed by atoms with Gasteiger partial charge in [0.05, 0.1) is 16.1 Å². The molecule has 1 heterocycles. The maximum absolute atomic E-state index is 13.1. The molecule has 31 heavy (non-hydrogen) atoms. The number of carbonyl (C=O) groups excluding carboxylic acids is 1. The van der Waals surface area contributed by atoms with Crippen LogP contribution in [0, 0.1) is 5.92 Å². The van der Waals surface area contributed by atoms with Crippen molar-refractivity contribution in [1.29, 1.82) is 0 Å². The number of nitrogens with zero attached hydrogens (tertiary/aromatic N) is 1. The first-order chi connectivity index (χ1) is 14.9. The third-order valence-corrected chi connectivity index (χ3v) is 7.88. The molecule has 6 heteroatoms. The van der Waals surface area contributed by atoms with E-state index in [4.69, 9.17) is 4.98 Å². The smallest absolute Gasteiger partial charge is 0.307 e. The summed E-state index contributed by atoms with van der Waals surface area (Å²) >= 11 is 5.77. The summed E-state index contributed by atoms with van der Waals surface area (Å²) in [6.45, 7) is 6.38. The van der Waals surface area contributed by atoms with Crippen molar-refractivity contribution in [3.05, 3.63) is 28.8 Å². The number of thiol groups is 1. The van der Waals surface area contributed by atoms with Crippen molar-refractivity contribution >= 4 is 45.3 Å². The number of hydrogen-bond acceptors (Lipinski definition) is 4. The van der Waals surface area contributed by atoms with Gasteiger partial charge in [-0.25, -0.2) is 4.98 Å². The standard InChI is InChI=1S/C25H37NO3S2/c1-4-7-9-11-13-19(22(27)28)25(24(29)30,16-12-10-8-5-2)23-26-20-15-14-18(6-3)17-21(20)31-23/h14-15,17,19H,4-13,16H2,1-3H3,(H,27,28)(H,29,30). The summed E-state index contributed by atoms with van der Waals surface area (Å²) in [6.07, 6.45) is 9.76. The first-order valence-electron chi connectivity index (χ1n) is 11.8. The van der Waals surface area contributed by atoms with Crippen molar-refractivity contribution in [2.75, 3.05) is 0 Å². The van der Waals surface area contributed by atoms with Gasteiger partial charge in [0.15, 0.2) is 5.12 Å². The second-order valence-electron chi connectivity index (χ2n) is 8.50. The molecule has 0 fully saturated rings. The molecule has 0 aliphatic carbocycles. The monoisotopic (exact) mass is 463 g/mol. The molecule has 0 amide bonds. The summed E-state index contributed by atoms with van der Waals surface area (Å²) in [5.74, 6) is -1.72. The number of hydrogen-bond donors (Lipinski definition) is 2. The van der Waals surface area contributed by atoms with Gasteiger partial charge in [0.25, 0.3) is 0 Å². The zero-order chi connectivity index (χ0) is 22.9. The van der Waals surface area contributed by atoms with E-state index >= 15 is 0 Å². The number of thiazole rings is 1. The van der Waals surface area contributed by atoms with Crippen LogP contribution in [0.5, 0.6) is 0 Å². The molecular formula is C25H37NO3S2. The van der Waals surface area contributed by atoms with E-state index in [-0.39, 0.29) is 5.12 Å². The summed E-state index contributed by atoms with van der Waals surface area (Å²) in [4.78, 5) is 30.4. The van der Waals surface area contributed by atoms with Crippen LogP contribution in [0.2, 0.25) is 0 Å². The molecule has 0 spiro atoms. The molecule has 0 aliphatic heterocycles. The molecule has 2 atom stereocenters. The molecular weight excluding hydrogens is 426 g/mol. The van der Waals surface area contributed by atoms with Crippen LogP contribution < -0.4 is 0 Å². The lowest BCUT2D eigenvalue weighted by Gasteiger charge is -2.34. The quantitative estimate of drug-likeness (QED) is 0.216. The summed E-state index contributed by atoms with van der Waals surface area (Å²) in [5, 5.41) is 10.5. The number of carbonyl (C=O) groups is 2. The summed E-state index contributed by atoms with van der Waals surface area (Å²) in [5.41, 5.74) is 0.868. The van der Waals surface area contributed by atoms with E-state index in [9.17, 15) is 14.7 Å². The zero-order valence-electron chi connectivity index (χ0n) is 19.2. The van der Waals surface area contributed by atoms with E-state index in [2.05, 4.69) is 45.5 Å². The van der Waals surface area contributed by atoms with Crippen molar-refractivity contribution in [2.45, 2.75) is 96.8 Å². The predicted octanol–water partition coefficient (Wildman–Crippen LogP) is 7.19. The molecule has 0 radical (unpaired) electrons. The van der Waals surface area contributed by atoms with Gasteiger partial charge in [-0.1, -0.05) is 78.2 Å². The number of carboxylic acid groups (broad SMARTS) is 1. The van der Waals surface area contributed by atoms with Crippen molar-refractivity contribution in [3.63, 3.8) is 0 Å². The molecule has 0 saturated heterocycles. The lowest BCUT2D eigenvalue weighted by molar-refractivity contribution is -0.147. The number of aliphatic carboxylic acids is 1. The maximum atomic E-state index is 13.1. The Morgan fingerprint density at radius 2 is 1.74 bits per heavy atom. The Hall–Kier alpha value is -1.40. The van der Waals surface area contributed by atoms with Gasteiger partial charge >= 0.3 is 5.97 Å². The Morgan fingerprint density at radius 1 is 1.06 bits per heavy atom. The highest BCUT2D eigenvalue weighted by atomic mass is 32.1. The highest BCUT2D eigenvalue weighted by Crippen LogP contribution is 2.45. The van der Waals surface area contributed by atoms with Crippen LogP contribution in [-0.4, -0.2) is 21.2 Å². The topological polar surface area (TPSA) is 67.3 Å². The Bertz CT molecular complexity index is 864. The van der Waals surface area contributed by atoms with E-state index in [1.165, 1.54) is 16.9 Å². The van der Waals surface area contributed by atoms with Crippen molar-refractivity contribution < 1.29 is 14.7 Å². The Balaban J connectivity index is 2.52. The molecule has 2 rings (SSSR count). The fraction of sp³-hybridized carbons (Fsp3) is 0.640. The number of benzene rings is 1. The predicted molar refractivity (Wildman–Crippen MR) is 133 cm³/mol. The minimum absolute atomic E-state index is 0.360. The molecule has 0 bridgehead atoms. The lowest BCUT2D eigenvalue weighted by Crippen LogP contribution is -2.45. The van der Waals surface area contributed by atoms with E-state index in [1.54, 1.807) is 0 Å². The highest BCUT2D eigenvalue weighted by molar-refractivity contribution is 7.96. The van der Waals surface area contributed by atoms with Crippen LogP contribution in [0.15, 0.2) is 18.2 Å². The normalized spacial score (nSPS) is 14.5. The van der Waals surface area contributed by atoms with Crippen molar-refractivity contribution in [3.8, 4) is 0 Å². The molecule has 2 unspecified atom stereocenters. The van der Waals surface area contributed by atoms with Gasteiger partial charge in [0.1, 0.15) is 10.4 Å². The van der Waals surface area contributed by atoms with Gasteiger partial charge in [-0.15, -0.1) is 24.0 Å². The number of aryl methyl sites for hydroxylation is 1. The zero-order valence-corrected chi connectivity index (χ0v) is 20.9. The van der Waals surface area contributed by atoms with E-state index in [1.807, 2.05) is 6.07 Å². The fourth-order valence-corrected chi connectivity index (χ4v) is 6.09. The SMILES string of the molecule is CCCCCCC(C(=O)O)C(CCCCCC)(C(=O)S)c1nc2ccc(CC)cc2s1. The van der Waals surface area contributed by atoms with Gasteiger partial charge in [-0.3, -0.25) is 9.59 Å². The van der Waals surface area contributed by atoms with Crippen LogP contribution in [0.25, 0.3) is 10.2 Å². The minimum Gasteiger partial charge on any atom is -0.481 e. The number of unbranched alkanes of at least 4 members (excludes halogenated alkanes) is 6. The largest absolute Gasteiger partial charge is 0.481 e.